The number of aromatic nitrogens is 2. The minimum Gasteiger partial charge on any atom is -0.498 e. The number of likely N-dealkylation sites (N-methyl/N-ethyl adjacent to an activating group) is 1. The summed E-state index contributed by atoms with van der Waals surface area (Å²) in [5.74, 6) is -2.11. The van der Waals surface area contributed by atoms with Gasteiger partial charge in [0, 0.05) is 24.6 Å². The smallest absolute Gasteiger partial charge is 0.498 e. The first-order chi connectivity index (χ1) is 18.2. The van der Waals surface area contributed by atoms with E-state index >= 15 is 0 Å². The van der Waals surface area contributed by atoms with Gasteiger partial charge in [0.15, 0.2) is 5.78 Å². The zero-order valence-corrected chi connectivity index (χ0v) is 21.9. The van der Waals surface area contributed by atoms with E-state index in [1.54, 1.807) is 11.9 Å². The number of nitrogens with zero attached hydrogens (tertiary/aromatic N) is 3. The van der Waals surface area contributed by atoms with E-state index in [1.165, 1.54) is 18.6 Å². The molecule has 11 heteroatoms. The van der Waals surface area contributed by atoms with Crippen molar-refractivity contribution in [2.75, 3.05) is 7.05 Å². The lowest BCUT2D eigenvalue weighted by atomic mass is 9.64. The molecular weight excluding hydrogens is 487 g/mol. The molecule has 4 rings (SSSR count). The summed E-state index contributed by atoms with van der Waals surface area (Å²) in [4.78, 5) is 62.0. The van der Waals surface area contributed by atoms with E-state index < -0.39 is 48.9 Å². The van der Waals surface area contributed by atoms with Crippen molar-refractivity contribution in [1.29, 1.82) is 0 Å². The second-order valence-electron chi connectivity index (χ2n) is 10.4. The Morgan fingerprint density at radius 3 is 2.32 bits per heavy atom. The highest BCUT2D eigenvalue weighted by atomic mass is 16.6. The van der Waals surface area contributed by atoms with Crippen LogP contribution in [0.5, 0.6) is 0 Å². The highest BCUT2D eigenvalue weighted by Gasteiger charge is 2.49. The van der Waals surface area contributed by atoms with Gasteiger partial charge in [0.2, 0.25) is 0 Å². The second kappa shape index (κ2) is 12.3. The maximum atomic E-state index is 13.7. The first-order valence-electron chi connectivity index (χ1n) is 13.0. The second-order valence-corrected chi connectivity index (χ2v) is 10.4. The lowest BCUT2D eigenvalue weighted by molar-refractivity contribution is -0.151. The van der Waals surface area contributed by atoms with Gasteiger partial charge >= 0.3 is 19.1 Å². The van der Waals surface area contributed by atoms with Crippen molar-refractivity contribution in [3.05, 3.63) is 60.2 Å². The predicted molar refractivity (Wildman–Crippen MR) is 139 cm³/mol. The summed E-state index contributed by atoms with van der Waals surface area (Å²) in [6.45, 7) is 3.97. The number of hydrogen-bond donors (Lipinski definition) is 1. The van der Waals surface area contributed by atoms with Crippen LogP contribution in [-0.4, -0.2) is 70.8 Å². The van der Waals surface area contributed by atoms with Crippen molar-refractivity contribution in [1.82, 2.24) is 20.2 Å². The predicted octanol–water partition coefficient (Wildman–Crippen LogP) is 2.24. The SMILES string of the molecule is CC(C)C[C@H](CC(=O)[C@H](Cc1ccccc1)NC(=O)c1cnccn1)B1OC(=O)[C@H]2CC[C@H](C(=O)O1)N2C. The Balaban J connectivity index is 1.55. The van der Waals surface area contributed by atoms with Crippen LogP contribution in [0, 0.1) is 5.92 Å². The summed E-state index contributed by atoms with van der Waals surface area (Å²) in [5.41, 5.74) is 0.966. The van der Waals surface area contributed by atoms with Gasteiger partial charge in [-0.3, -0.25) is 29.1 Å². The van der Waals surface area contributed by atoms with E-state index in [9.17, 15) is 19.2 Å². The van der Waals surface area contributed by atoms with Crippen molar-refractivity contribution in [3.63, 3.8) is 0 Å². The van der Waals surface area contributed by atoms with Crippen molar-refractivity contribution >= 4 is 30.7 Å². The molecule has 10 nitrogen and oxygen atoms in total. The molecule has 1 aromatic heterocycles. The molecule has 200 valence electrons. The molecule has 3 heterocycles. The Labute approximate surface area is 222 Å². The molecule has 1 aromatic carbocycles. The van der Waals surface area contributed by atoms with Crippen LogP contribution >= 0.6 is 0 Å². The molecule has 2 bridgehead atoms. The normalized spacial score (nSPS) is 21.2. The number of carbonyl (C=O) groups excluding carboxylic acids is 4. The fourth-order valence-electron chi connectivity index (χ4n) is 5.15. The fourth-order valence-corrected chi connectivity index (χ4v) is 5.15. The molecule has 1 amide bonds. The third-order valence-electron chi connectivity index (χ3n) is 7.10. The summed E-state index contributed by atoms with van der Waals surface area (Å²) in [6, 6.07) is 7.47. The van der Waals surface area contributed by atoms with E-state index in [0.29, 0.717) is 19.3 Å². The zero-order chi connectivity index (χ0) is 27.2. The van der Waals surface area contributed by atoms with E-state index in [-0.39, 0.29) is 30.2 Å². The number of ketones is 1. The number of benzene rings is 1. The van der Waals surface area contributed by atoms with Gasteiger partial charge in [-0.05, 0) is 44.2 Å². The van der Waals surface area contributed by atoms with E-state index in [1.807, 2.05) is 44.2 Å². The van der Waals surface area contributed by atoms with Gasteiger partial charge in [-0.1, -0.05) is 44.2 Å². The van der Waals surface area contributed by atoms with Crippen LogP contribution in [0.3, 0.4) is 0 Å². The third-order valence-corrected chi connectivity index (χ3v) is 7.10. The first-order valence-corrected chi connectivity index (χ1v) is 13.0. The average Bonchev–Trinajstić information content (AvgIpc) is 3.31. The topological polar surface area (TPSA) is 128 Å². The van der Waals surface area contributed by atoms with Gasteiger partial charge < -0.3 is 14.6 Å². The van der Waals surface area contributed by atoms with E-state index in [4.69, 9.17) is 9.31 Å². The van der Waals surface area contributed by atoms with Gasteiger partial charge in [-0.25, -0.2) is 4.98 Å². The van der Waals surface area contributed by atoms with Crippen molar-refractivity contribution < 1.29 is 28.5 Å². The van der Waals surface area contributed by atoms with Crippen LogP contribution < -0.4 is 5.32 Å². The molecule has 1 N–H and O–H groups in total. The summed E-state index contributed by atoms with van der Waals surface area (Å²) in [5, 5.41) is 2.80. The monoisotopic (exact) mass is 520 g/mol. The minimum atomic E-state index is -1.17. The quantitative estimate of drug-likeness (QED) is 0.469. The number of amides is 1. The molecule has 38 heavy (non-hydrogen) atoms. The zero-order valence-electron chi connectivity index (χ0n) is 21.9. The lowest BCUT2D eigenvalue weighted by Gasteiger charge is -2.32. The van der Waals surface area contributed by atoms with E-state index in [2.05, 4.69) is 15.3 Å². The van der Waals surface area contributed by atoms with Crippen LogP contribution in [-0.2, 0) is 30.1 Å². The van der Waals surface area contributed by atoms with Crippen molar-refractivity contribution in [2.45, 2.75) is 69.9 Å². The van der Waals surface area contributed by atoms with Gasteiger partial charge in [0.25, 0.3) is 5.91 Å². The highest BCUT2D eigenvalue weighted by molar-refractivity contribution is 6.51. The molecule has 0 aliphatic carbocycles. The molecular formula is C27H33BN4O6. The number of rotatable bonds is 10. The number of nitrogens with one attached hydrogen (secondary N) is 1. The van der Waals surface area contributed by atoms with Gasteiger partial charge in [-0.15, -0.1) is 0 Å². The highest BCUT2D eigenvalue weighted by Crippen LogP contribution is 2.33. The molecule has 4 atom stereocenters. The van der Waals surface area contributed by atoms with Gasteiger partial charge in [0.05, 0.1) is 12.2 Å². The molecule has 2 aromatic rings. The molecule has 2 aliphatic rings. The Bertz CT molecular complexity index is 1120. The molecule has 0 spiro atoms. The van der Waals surface area contributed by atoms with Crippen LogP contribution in [0.1, 0.15) is 55.6 Å². The number of fused-ring (bicyclic) bond motifs is 2. The van der Waals surface area contributed by atoms with Gasteiger partial charge in [-0.2, -0.15) is 0 Å². The van der Waals surface area contributed by atoms with E-state index in [0.717, 1.165) is 5.56 Å². The van der Waals surface area contributed by atoms with Crippen molar-refractivity contribution in [2.24, 2.45) is 5.92 Å². The third kappa shape index (κ3) is 6.63. The minimum absolute atomic E-state index is 0.0488. The summed E-state index contributed by atoms with van der Waals surface area (Å²) < 4.78 is 11.4. The first kappa shape index (κ1) is 27.4. The molecule has 2 fully saturated rings. The molecule has 0 radical (unpaired) electrons. The Kier molecular flexibility index (Phi) is 8.88. The molecule has 0 saturated carbocycles. The molecule has 0 unspecified atom stereocenters. The van der Waals surface area contributed by atoms with Crippen LogP contribution in [0.4, 0.5) is 0 Å². The maximum absolute atomic E-state index is 13.7. The Hall–Kier alpha value is -3.60. The summed E-state index contributed by atoms with van der Waals surface area (Å²) in [6.07, 6.45) is 5.93. The lowest BCUT2D eigenvalue weighted by Crippen LogP contribution is -2.51. The van der Waals surface area contributed by atoms with Gasteiger partial charge in [0.1, 0.15) is 17.8 Å². The largest absolute Gasteiger partial charge is 0.602 e. The number of carbonyl (C=O) groups is 4. The van der Waals surface area contributed by atoms with Crippen molar-refractivity contribution in [3.8, 4) is 0 Å². The average molecular weight is 520 g/mol. The molecule has 2 aliphatic heterocycles. The van der Waals surface area contributed by atoms with Crippen LogP contribution in [0.2, 0.25) is 5.82 Å². The van der Waals surface area contributed by atoms with Crippen LogP contribution in [0.25, 0.3) is 0 Å². The number of Topliss-reactive ketones (excluding diaryl/α,β-unsaturated/α-hetero) is 1. The Morgan fingerprint density at radius 1 is 1.08 bits per heavy atom. The van der Waals surface area contributed by atoms with Crippen LogP contribution in [0.15, 0.2) is 48.9 Å². The number of hydrogen-bond acceptors (Lipinski definition) is 9. The standard InChI is InChI=1S/C27H33BN4O6/c1-17(2)13-19(28-37-26(35)22-9-10-23(32(22)3)27(36)38-28)15-24(33)20(14-18-7-5-4-6-8-18)31-25(34)21-16-29-11-12-30-21/h4-8,11-12,16-17,19-20,22-23H,9-10,13-15H2,1-3H3,(H,31,34)/t19-,20+,22-,23-/m1/s1. The molecule has 2 saturated heterocycles. The maximum Gasteiger partial charge on any atom is 0.602 e. The fraction of sp³-hybridized carbons (Fsp3) is 0.481. The Morgan fingerprint density at radius 2 is 1.74 bits per heavy atom. The summed E-state index contributed by atoms with van der Waals surface area (Å²) >= 11 is 0. The summed E-state index contributed by atoms with van der Waals surface area (Å²) in [7, 11) is 0.542.